The van der Waals surface area contributed by atoms with Crippen molar-refractivity contribution in [2.45, 2.75) is 0 Å². The largest absolute Gasteiger partial charge is 0.502 e. The summed E-state index contributed by atoms with van der Waals surface area (Å²) in [5.74, 6) is 1.26. The van der Waals surface area contributed by atoms with Crippen LogP contribution in [0.2, 0.25) is 0 Å². The van der Waals surface area contributed by atoms with E-state index in [-0.39, 0.29) is 1.43 Å². The number of rotatable bonds is 1. The molecule has 0 amide bonds. The van der Waals surface area contributed by atoms with Crippen LogP contribution in [0.15, 0.2) is 34.1 Å². The lowest BCUT2D eigenvalue weighted by molar-refractivity contribution is 0.334. The fraction of sp³-hybridized carbons (Fsp3) is 0.333. The van der Waals surface area contributed by atoms with Crippen LogP contribution in [0, 0.1) is 0 Å². The zero-order chi connectivity index (χ0) is 10.1. The molecule has 14 heavy (non-hydrogen) atoms. The van der Waals surface area contributed by atoms with Gasteiger partial charge in [-0.2, -0.15) is 0 Å². The van der Waals surface area contributed by atoms with E-state index in [1.165, 1.54) is 6.26 Å². The molecular weight excluding hydrogens is 180 g/mol. The number of aliphatic imine (C=N–C) groups is 2. The monoisotopic (exact) mass is 194 g/mol. The molecule has 0 radical (unpaired) electrons. The van der Waals surface area contributed by atoms with Crippen molar-refractivity contribution in [3.8, 4) is 0 Å². The molecule has 5 heteroatoms. The summed E-state index contributed by atoms with van der Waals surface area (Å²) in [6, 6.07) is 0. The summed E-state index contributed by atoms with van der Waals surface area (Å²) >= 11 is 0. The van der Waals surface area contributed by atoms with Gasteiger partial charge in [-0.3, -0.25) is 9.89 Å². The SMILES string of the molecule is C=C1C2=NCCN2C(N)=N/C1=C\OC.[HH]. The van der Waals surface area contributed by atoms with E-state index in [1.54, 1.807) is 7.11 Å². The molecule has 0 spiro atoms. The molecule has 0 aromatic rings. The zero-order valence-corrected chi connectivity index (χ0v) is 8.03. The third-order valence-electron chi connectivity index (χ3n) is 2.16. The highest BCUT2D eigenvalue weighted by atomic mass is 16.5. The second kappa shape index (κ2) is 3.17. The molecule has 0 unspecified atom stereocenters. The first-order valence-corrected chi connectivity index (χ1v) is 4.33. The summed E-state index contributed by atoms with van der Waals surface area (Å²) in [6.45, 7) is 5.43. The minimum absolute atomic E-state index is 0. The Hall–Kier alpha value is -1.78. The molecule has 2 aliphatic heterocycles. The van der Waals surface area contributed by atoms with Gasteiger partial charge < -0.3 is 10.5 Å². The van der Waals surface area contributed by atoms with Gasteiger partial charge in [0.1, 0.15) is 17.8 Å². The third kappa shape index (κ3) is 1.17. The molecule has 2 aliphatic rings. The number of methoxy groups -OCH3 is 1. The van der Waals surface area contributed by atoms with Gasteiger partial charge in [0.05, 0.1) is 13.7 Å². The summed E-state index contributed by atoms with van der Waals surface area (Å²) in [4.78, 5) is 10.3. The molecule has 0 bridgehead atoms. The van der Waals surface area contributed by atoms with E-state index in [1.807, 2.05) is 4.90 Å². The quantitative estimate of drug-likeness (QED) is 0.611. The summed E-state index contributed by atoms with van der Waals surface area (Å²) < 4.78 is 4.89. The summed E-state index contributed by atoms with van der Waals surface area (Å²) in [5, 5.41) is 0. The number of fused-ring (bicyclic) bond motifs is 1. The molecule has 5 nitrogen and oxygen atoms in total. The van der Waals surface area contributed by atoms with Gasteiger partial charge in [-0.1, -0.05) is 6.58 Å². The van der Waals surface area contributed by atoms with Crippen molar-refractivity contribution in [3.05, 3.63) is 24.1 Å². The Balaban J connectivity index is 0.00000112. The Morgan fingerprint density at radius 1 is 1.71 bits per heavy atom. The first kappa shape index (κ1) is 8.80. The highest BCUT2D eigenvalue weighted by molar-refractivity contribution is 6.13. The van der Waals surface area contributed by atoms with E-state index < -0.39 is 0 Å². The Kier molecular flexibility index (Phi) is 1.99. The standard InChI is InChI=1S/C9H12N4O.H2/c1-6-7(5-14-2)12-9(10)13-4-3-11-8(6)13;/h5H,1,3-4H2,2H3,(H2,10,12);1H/b7-5-;. The van der Waals surface area contributed by atoms with Crippen LogP contribution in [-0.2, 0) is 4.74 Å². The smallest absolute Gasteiger partial charge is 0.202 e. The molecule has 2 heterocycles. The van der Waals surface area contributed by atoms with Crippen LogP contribution in [0.3, 0.4) is 0 Å². The minimum Gasteiger partial charge on any atom is -0.502 e. The number of guanidine groups is 1. The van der Waals surface area contributed by atoms with Crippen LogP contribution in [0.1, 0.15) is 1.43 Å². The zero-order valence-electron chi connectivity index (χ0n) is 8.03. The number of ether oxygens (including phenoxy) is 1. The highest BCUT2D eigenvalue weighted by Gasteiger charge is 2.28. The Bertz CT molecular complexity index is 372. The molecule has 2 rings (SSSR count). The topological polar surface area (TPSA) is 63.2 Å². The van der Waals surface area contributed by atoms with E-state index in [0.29, 0.717) is 11.7 Å². The van der Waals surface area contributed by atoms with Gasteiger partial charge in [-0.15, -0.1) is 0 Å². The molecular formula is C9H14N4O. The average molecular weight is 194 g/mol. The predicted octanol–water partition coefficient (Wildman–Crippen LogP) is 0.319. The van der Waals surface area contributed by atoms with E-state index in [2.05, 4.69) is 16.6 Å². The molecule has 2 N–H and O–H groups in total. The molecule has 0 fully saturated rings. The molecule has 76 valence electrons. The van der Waals surface area contributed by atoms with Crippen LogP contribution in [-0.4, -0.2) is 36.9 Å². The van der Waals surface area contributed by atoms with Crippen LogP contribution in [0.5, 0.6) is 0 Å². The molecule has 0 saturated heterocycles. The lowest BCUT2D eigenvalue weighted by atomic mass is 10.2. The van der Waals surface area contributed by atoms with Crippen LogP contribution < -0.4 is 5.73 Å². The van der Waals surface area contributed by atoms with Crippen molar-refractivity contribution in [3.63, 3.8) is 0 Å². The Morgan fingerprint density at radius 2 is 2.50 bits per heavy atom. The van der Waals surface area contributed by atoms with E-state index >= 15 is 0 Å². The molecule has 0 aliphatic carbocycles. The van der Waals surface area contributed by atoms with E-state index in [0.717, 1.165) is 24.5 Å². The minimum atomic E-state index is 0. The van der Waals surface area contributed by atoms with Crippen LogP contribution in [0.25, 0.3) is 0 Å². The number of nitrogens with zero attached hydrogens (tertiary/aromatic N) is 3. The second-order valence-electron chi connectivity index (χ2n) is 3.04. The molecule has 0 saturated carbocycles. The van der Waals surface area contributed by atoms with Crippen LogP contribution >= 0.6 is 0 Å². The number of nitrogens with two attached hydrogens (primary N) is 1. The second-order valence-corrected chi connectivity index (χ2v) is 3.04. The Morgan fingerprint density at radius 3 is 3.21 bits per heavy atom. The lowest BCUT2D eigenvalue weighted by Gasteiger charge is -2.25. The maximum atomic E-state index is 5.76. The maximum Gasteiger partial charge on any atom is 0.202 e. The van der Waals surface area contributed by atoms with Gasteiger partial charge in [0, 0.05) is 13.5 Å². The summed E-state index contributed by atoms with van der Waals surface area (Å²) in [5.41, 5.74) is 7.16. The van der Waals surface area contributed by atoms with Gasteiger partial charge in [0.2, 0.25) is 5.96 Å². The fourth-order valence-electron chi connectivity index (χ4n) is 1.50. The predicted molar refractivity (Wildman–Crippen MR) is 57.0 cm³/mol. The van der Waals surface area contributed by atoms with Crippen molar-refractivity contribution in [1.82, 2.24) is 4.90 Å². The van der Waals surface area contributed by atoms with Crippen molar-refractivity contribution >= 4 is 11.8 Å². The van der Waals surface area contributed by atoms with Gasteiger partial charge in [0.15, 0.2) is 0 Å². The van der Waals surface area contributed by atoms with E-state index in [4.69, 9.17) is 10.5 Å². The third-order valence-corrected chi connectivity index (χ3v) is 2.16. The number of hydrogen-bond acceptors (Lipinski definition) is 5. The maximum absolute atomic E-state index is 5.76. The van der Waals surface area contributed by atoms with Crippen molar-refractivity contribution in [2.24, 2.45) is 15.7 Å². The average Bonchev–Trinajstić information content (AvgIpc) is 2.63. The van der Waals surface area contributed by atoms with Crippen molar-refractivity contribution in [2.75, 3.05) is 20.2 Å². The van der Waals surface area contributed by atoms with Crippen LogP contribution in [0.4, 0.5) is 0 Å². The summed E-state index contributed by atoms with van der Waals surface area (Å²) in [7, 11) is 1.56. The van der Waals surface area contributed by atoms with Gasteiger partial charge in [-0.25, -0.2) is 4.99 Å². The van der Waals surface area contributed by atoms with Crippen molar-refractivity contribution < 1.29 is 6.16 Å². The summed E-state index contributed by atoms with van der Waals surface area (Å²) in [6.07, 6.45) is 1.52. The van der Waals surface area contributed by atoms with E-state index in [9.17, 15) is 0 Å². The first-order chi connectivity index (χ1) is 6.74. The molecule has 0 aromatic carbocycles. The highest BCUT2D eigenvalue weighted by Crippen LogP contribution is 2.22. The Labute approximate surface area is 83.8 Å². The first-order valence-electron chi connectivity index (χ1n) is 4.33. The molecule has 0 atom stereocenters. The number of amidine groups is 1. The normalized spacial score (nSPS) is 23.4. The van der Waals surface area contributed by atoms with Gasteiger partial charge in [-0.05, 0) is 0 Å². The molecule has 0 aromatic heterocycles. The number of hydrogen-bond donors (Lipinski definition) is 1. The van der Waals surface area contributed by atoms with Gasteiger partial charge in [0.25, 0.3) is 0 Å². The van der Waals surface area contributed by atoms with Gasteiger partial charge >= 0.3 is 0 Å². The van der Waals surface area contributed by atoms with Crippen molar-refractivity contribution in [1.29, 1.82) is 0 Å². The lowest BCUT2D eigenvalue weighted by Crippen LogP contribution is -2.43. The fourth-order valence-corrected chi connectivity index (χ4v) is 1.50.